The van der Waals surface area contributed by atoms with Crippen LogP contribution in [0.5, 0.6) is 5.75 Å². The highest BCUT2D eigenvalue weighted by molar-refractivity contribution is 5.34. The molecule has 1 aliphatic rings. The Bertz CT molecular complexity index is 877. The summed E-state index contributed by atoms with van der Waals surface area (Å²) in [6.45, 7) is 2.56. The van der Waals surface area contributed by atoms with Crippen molar-refractivity contribution in [2.45, 2.75) is 32.4 Å². The molecule has 0 saturated carbocycles. The number of aryl methyl sites for hydroxylation is 1. The number of hydrogen-bond donors (Lipinski definition) is 2. The van der Waals surface area contributed by atoms with Crippen LogP contribution in [0.3, 0.4) is 0 Å². The Hall–Kier alpha value is -2.27. The van der Waals surface area contributed by atoms with Crippen molar-refractivity contribution in [2.24, 2.45) is 7.05 Å². The first-order valence-electron chi connectivity index (χ1n) is 7.95. The monoisotopic (exact) mass is 313 g/mol. The summed E-state index contributed by atoms with van der Waals surface area (Å²) in [5.41, 5.74) is 1.45. The van der Waals surface area contributed by atoms with E-state index in [0.717, 1.165) is 34.9 Å². The number of aliphatic hydroxyl groups excluding tert-OH is 1. The third-order valence-corrected chi connectivity index (χ3v) is 4.25. The lowest BCUT2D eigenvalue weighted by atomic mass is 10.2. The first kappa shape index (κ1) is 15.6. The van der Waals surface area contributed by atoms with Gasteiger partial charge in [-0.1, -0.05) is 30.4 Å². The maximum absolute atomic E-state index is 10.3. The lowest BCUT2D eigenvalue weighted by molar-refractivity contribution is 0.0901. The maximum Gasteiger partial charge on any atom is 0.202 e. The van der Waals surface area contributed by atoms with Crippen molar-refractivity contribution in [2.75, 3.05) is 6.61 Å². The van der Waals surface area contributed by atoms with E-state index in [1.54, 1.807) is 0 Å². The highest BCUT2D eigenvalue weighted by atomic mass is 16.5. The number of rotatable bonds is 5. The van der Waals surface area contributed by atoms with Crippen LogP contribution >= 0.6 is 0 Å². The fourth-order valence-electron chi connectivity index (χ4n) is 2.97. The number of nitrogens with zero attached hydrogens (tertiary/aromatic N) is 2. The standard InChI is InChI=1S/C18H23N3O2/c1-13-7-3-6-10-17(13)23-12-14(22)11-21-16-9-5-4-8-15(16)20(2)18(21)19/h3,6-10,14,19,22H,4-5,11-12H2,1-2H3. The third-order valence-electron chi connectivity index (χ3n) is 4.25. The fourth-order valence-corrected chi connectivity index (χ4v) is 2.97. The minimum absolute atomic E-state index is 0.213. The van der Waals surface area contributed by atoms with Crippen LogP contribution in [0.2, 0.25) is 0 Å². The van der Waals surface area contributed by atoms with Crippen LogP contribution in [0.25, 0.3) is 12.2 Å². The molecule has 1 aliphatic carbocycles. The van der Waals surface area contributed by atoms with Crippen molar-refractivity contribution < 1.29 is 9.84 Å². The average Bonchev–Trinajstić information content (AvgIpc) is 2.80. The van der Waals surface area contributed by atoms with E-state index < -0.39 is 6.10 Å². The molecule has 3 rings (SSSR count). The first-order valence-corrected chi connectivity index (χ1v) is 7.95. The molecule has 122 valence electrons. The Morgan fingerprint density at radius 1 is 1.22 bits per heavy atom. The van der Waals surface area contributed by atoms with Gasteiger partial charge in [-0.25, -0.2) is 0 Å². The highest BCUT2D eigenvalue weighted by Crippen LogP contribution is 2.16. The number of benzene rings is 1. The largest absolute Gasteiger partial charge is 0.491 e. The number of hydrogen-bond acceptors (Lipinski definition) is 3. The van der Waals surface area contributed by atoms with Gasteiger partial charge >= 0.3 is 0 Å². The van der Waals surface area contributed by atoms with Gasteiger partial charge in [0.15, 0.2) is 0 Å². The van der Waals surface area contributed by atoms with E-state index in [1.165, 1.54) is 0 Å². The molecule has 0 spiro atoms. The summed E-state index contributed by atoms with van der Waals surface area (Å²) in [6.07, 6.45) is 5.61. The van der Waals surface area contributed by atoms with Crippen LogP contribution < -0.4 is 21.1 Å². The van der Waals surface area contributed by atoms with Crippen molar-refractivity contribution in [3.63, 3.8) is 0 Å². The molecule has 23 heavy (non-hydrogen) atoms. The molecule has 5 nitrogen and oxygen atoms in total. The van der Waals surface area contributed by atoms with Gasteiger partial charge < -0.3 is 19.0 Å². The van der Waals surface area contributed by atoms with Crippen LogP contribution in [0.1, 0.15) is 18.4 Å². The molecule has 1 unspecified atom stereocenters. The molecule has 1 atom stereocenters. The lowest BCUT2D eigenvalue weighted by Crippen LogP contribution is -2.38. The van der Waals surface area contributed by atoms with Gasteiger partial charge in [0, 0.05) is 7.05 Å². The van der Waals surface area contributed by atoms with Gasteiger partial charge in [-0.3, -0.25) is 5.41 Å². The second-order valence-corrected chi connectivity index (χ2v) is 5.98. The smallest absolute Gasteiger partial charge is 0.202 e. The molecule has 0 bridgehead atoms. The summed E-state index contributed by atoms with van der Waals surface area (Å²) in [5, 5.41) is 20.7. The Balaban J connectivity index is 1.76. The van der Waals surface area contributed by atoms with Gasteiger partial charge in [0.05, 0.1) is 17.2 Å². The summed E-state index contributed by atoms with van der Waals surface area (Å²) in [6, 6.07) is 7.77. The van der Waals surface area contributed by atoms with Crippen molar-refractivity contribution >= 4 is 12.2 Å². The summed E-state index contributed by atoms with van der Waals surface area (Å²) < 4.78 is 9.43. The van der Waals surface area contributed by atoms with Gasteiger partial charge in [0.1, 0.15) is 18.5 Å². The second kappa shape index (κ2) is 6.46. The van der Waals surface area contributed by atoms with Gasteiger partial charge in [-0.15, -0.1) is 0 Å². The quantitative estimate of drug-likeness (QED) is 0.840. The van der Waals surface area contributed by atoms with Crippen LogP contribution in [0.4, 0.5) is 0 Å². The van der Waals surface area contributed by atoms with E-state index in [-0.39, 0.29) is 6.61 Å². The Kier molecular flexibility index (Phi) is 4.39. The minimum Gasteiger partial charge on any atom is -0.491 e. The molecule has 2 aromatic rings. The third kappa shape index (κ3) is 3.10. The summed E-state index contributed by atoms with van der Waals surface area (Å²) in [4.78, 5) is 0. The average molecular weight is 313 g/mol. The van der Waals surface area contributed by atoms with E-state index in [1.807, 2.05) is 47.4 Å². The number of aromatic nitrogens is 2. The molecule has 0 aliphatic heterocycles. The first-order chi connectivity index (χ1) is 11.1. The number of imidazole rings is 1. The van der Waals surface area contributed by atoms with E-state index in [4.69, 9.17) is 10.1 Å². The maximum atomic E-state index is 10.3. The van der Waals surface area contributed by atoms with E-state index in [2.05, 4.69) is 12.2 Å². The number of nitrogens with one attached hydrogen (secondary N) is 1. The summed E-state index contributed by atoms with van der Waals surface area (Å²) in [5.74, 6) is 0.789. The summed E-state index contributed by atoms with van der Waals surface area (Å²) in [7, 11) is 1.89. The molecule has 5 heteroatoms. The molecule has 1 aromatic carbocycles. The van der Waals surface area contributed by atoms with Crippen LogP contribution in [-0.2, 0) is 13.6 Å². The Labute approximate surface area is 135 Å². The zero-order valence-corrected chi connectivity index (χ0v) is 13.6. The minimum atomic E-state index is -0.662. The number of ether oxygens (including phenoxy) is 1. The molecule has 0 radical (unpaired) electrons. The fraction of sp³-hybridized carbons (Fsp3) is 0.389. The SMILES string of the molecule is Cc1ccccc1OCC(O)Cn1c2c(n(C)c1=N)=CCCC=2. The lowest BCUT2D eigenvalue weighted by Gasteiger charge is -2.14. The van der Waals surface area contributed by atoms with Crippen molar-refractivity contribution in [1.82, 2.24) is 9.13 Å². The number of aliphatic hydroxyl groups is 1. The van der Waals surface area contributed by atoms with Crippen molar-refractivity contribution in [3.8, 4) is 5.75 Å². The zero-order valence-electron chi connectivity index (χ0n) is 13.6. The summed E-state index contributed by atoms with van der Waals surface area (Å²) >= 11 is 0. The van der Waals surface area contributed by atoms with E-state index in [9.17, 15) is 5.11 Å². The molecular formula is C18H23N3O2. The highest BCUT2D eigenvalue weighted by Gasteiger charge is 2.12. The molecule has 2 N–H and O–H groups in total. The normalized spacial score (nSPS) is 14.6. The topological polar surface area (TPSA) is 63.2 Å². The van der Waals surface area contributed by atoms with Gasteiger partial charge in [0.2, 0.25) is 5.62 Å². The predicted octanol–water partition coefficient (Wildman–Crippen LogP) is 0.409. The van der Waals surface area contributed by atoms with Crippen molar-refractivity contribution in [1.29, 1.82) is 5.41 Å². The Morgan fingerprint density at radius 2 is 1.91 bits per heavy atom. The number of fused-ring (bicyclic) bond motifs is 1. The van der Waals surface area contributed by atoms with E-state index in [0.29, 0.717) is 12.2 Å². The second-order valence-electron chi connectivity index (χ2n) is 5.98. The van der Waals surface area contributed by atoms with E-state index >= 15 is 0 Å². The van der Waals surface area contributed by atoms with Gasteiger partial charge in [0.25, 0.3) is 0 Å². The molecule has 0 fully saturated rings. The van der Waals surface area contributed by atoms with Crippen LogP contribution in [-0.4, -0.2) is 27.0 Å². The Morgan fingerprint density at radius 3 is 2.65 bits per heavy atom. The molecule has 1 aromatic heterocycles. The molecular weight excluding hydrogens is 290 g/mol. The van der Waals surface area contributed by atoms with Crippen LogP contribution in [0, 0.1) is 12.3 Å². The molecule has 1 heterocycles. The molecule has 0 saturated heterocycles. The van der Waals surface area contributed by atoms with Crippen LogP contribution in [0.15, 0.2) is 24.3 Å². The predicted molar refractivity (Wildman–Crippen MR) is 89.4 cm³/mol. The zero-order chi connectivity index (χ0) is 16.4. The van der Waals surface area contributed by atoms with Gasteiger partial charge in [-0.2, -0.15) is 0 Å². The molecule has 0 amide bonds. The number of para-hydroxylation sites is 1. The van der Waals surface area contributed by atoms with Gasteiger partial charge in [-0.05, 0) is 31.4 Å². The van der Waals surface area contributed by atoms with Crippen molar-refractivity contribution in [3.05, 3.63) is 46.1 Å².